The van der Waals surface area contributed by atoms with Crippen molar-refractivity contribution in [2.24, 2.45) is 11.7 Å². The van der Waals surface area contributed by atoms with Crippen LogP contribution in [0.25, 0.3) is 0 Å². The van der Waals surface area contributed by atoms with E-state index in [-0.39, 0.29) is 29.9 Å². The number of hydrogen-bond donors (Lipinski definition) is 3. The maximum atomic E-state index is 13.2. The Hall–Kier alpha value is -3.22. The molecule has 1 saturated heterocycles. The van der Waals surface area contributed by atoms with Crippen LogP contribution < -0.4 is 10.5 Å². The van der Waals surface area contributed by atoms with E-state index in [2.05, 4.69) is 0 Å². The first kappa shape index (κ1) is 18.2. The van der Waals surface area contributed by atoms with Crippen molar-refractivity contribution in [3.8, 4) is 17.2 Å². The summed E-state index contributed by atoms with van der Waals surface area (Å²) in [7, 11) is 0. The molecule has 7 heteroatoms. The number of primary amides is 1. The number of phenols is 2. The number of para-hydroxylation sites is 1. The predicted molar refractivity (Wildman–Crippen MR) is 101 cm³/mol. The van der Waals surface area contributed by atoms with Crippen molar-refractivity contribution < 1.29 is 24.5 Å². The second-order valence-corrected chi connectivity index (χ2v) is 7.57. The Morgan fingerprint density at radius 2 is 2.00 bits per heavy atom. The Bertz CT molecular complexity index is 960. The van der Waals surface area contributed by atoms with E-state index in [9.17, 15) is 19.8 Å². The van der Waals surface area contributed by atoms with Crippen LogP contribution in [0.15, 0.2) is 42.5 Å². The smallest absolute Gasteiger partial charge is 0.238 e. The monoisotopic (exact) mass is 382 g/mol. The highest BCUT2D eigenvalue weighted by Crippen LogP contribution is 2.50. The van der Waals surface area contributed by atoms with Gasteiger partial charge in [0, 0.05) is 18.9 Å². The highest BCUT2D eigenvalue weighted by atomic mass is 16.5. The minimum Gasteiger partial charge on any atom is -0.504 e. The summed E-state index contributed by atoms with van der Waals surface area (Å²) in [4.78, 5) is 26.9. The number of likely N-dealkylation sites (tertiary alicyclic amines) is 1. The lowest BCUT2D eigenvalue weighted by Gasteiger charge is -2.52. The Kier molecular flexibility index (Phi) is 4.18. The fourth-order valence-corrected chi connectivity index (χ4v) is 4.34. The summed E-state index contributed by atoms with van der Waals surface area (Å²) in [5.74, 6) is -1.99. The lowest BCUT2D eigenvalue weighted by molar-refractivity contribution is -0.175. The van der Waals surface area contributed by atoms with E-state index in [1.165, 1.54) is 12.1 Å². The summed E-state index contributed by atoms with van der Waals surface area (Å²) >= 11 is 0. The summed E-state index contributed by atoms with van der Waals surface area (Å²) in [6, 6.07) is 12.0. The molecular weight excluding hydrogens is 360 g/mol. The number of rotatable bonds is 4. The molecule has 0 saturated carbocycles. The SMILES string of the molecule is C[C@@]12C[C@@H](c3ccccc3O1)[C@H](C(N)=O)C(=O)N2CCc1ccc(O)c(O)c1. The van der Waals surface area contributed by atoms with Crippen LogP contribution in [-0.4, -0.2) is 39.2 Å². The van der Waals surface area contributed by atoms with Crippen LogP contribution in [0.1, 0.15) is 30.4 Å². The van der Waals surface area contributed by atoms with E-state index in [4.69, 9.17) is 10.5 Å². The normalized spacial score (nSPS) is 25.8. The number of nitrogens with two attached hydrogens (primary N) is 1. The fraction of sp³-hybridized carbons (Fsp3) is 0.333. The Morgan fingerprint density at radius 1 is 1.25 bits per heavy atom. The van der Waals surface area contributed by atoms with E-state index in [1.807, 2.05) is 31.2 Å². The third-order valence-corrected chi connectivity index (χ3v) is 5.72. The summed E-state index contributed by atoms with van der Waals surface area (Å²) in [6.45, 7) is 2.14. The first-order chi connectivity index (χ1) is 13.3. The minimum atomic E-state index is -0.939. The molecule has 28 heavy (non-hydrogen) atoms. The van der Waals surface area contributed by atoms with Crippen LogP contribution >= 0.6 is 0 Å². The van der Waals surface area contributed by atoms with Crippen LogP contribution in [0.3, 0.4) is 0 Å². The molecular formula is C21H22N2O5. The first-order valence-corrected chi connectivity index (χ1v) is 9.20. The summed E-state index contributed by atoms with van der Waals surface area (Å²) in [6.07, 6.45) is 0.903. The zero-order valence-corrected chi connectivity index (χ0v) is 15.5. The number of benzene rings is 2. The van der Waals surface area contributed by atoms with Gasteiger partial charge in [-0.3, -0.25) is 9.59 Å². The molecule has 4 N–H and O–H groups in total. The molecule has 2 aliphatic rings. The number of fused-ring (bicyclic) bond motifs is 4. The molecule has 4 rings (SSSR count). The lowest BCUT2D eigenvalue weighted by atomic mass is 9.73. The van der Waals surface area contributed by atoms with Gasteiger partial charge in [-0.25, -0.2) is 0 Å². The quantitative estimate of drug-likeness (QED) is 0.552. The number of carbonyl (C=O) groups excluding carboxylic acids is 2. The Morgan fingerprint density at radius 3 is 2.71 bits per heavy atom. The van der Waals surface area contributed by atoms with Crippen molar-refractivity contribution in [1.29, 1.82) is 0 Å². The topological polar surface area (TPSA) is 113 Å². The zero-order chi connectivity index (χ0) is 20.1. The molecule has 2 amide bonds. The molecule has 1 fully saturated rings. The number of phenolic OH excluding ortho intramolecular Hbond substituents is 2. The predicted octanol–water partition coefficient (Wildman–Crippen LogP) is 1.87. The second-order valence-electron chi connectivity index (χ2n) is 7.57. The third-order valence-electron chi connectivity index (χ3n) is 5.72. The molecule has 146 valence electrons. The number of hydrogen-bond acceptors (Lipinski definition) is 5. The van der Waals surface area contributed by atoms with Crippen LogP contribution in [0.2, 0.25) is 0 Å². The van der Waals surface area contributed by atoms with Crippen molar-refractivity contribution in [3.05, 3.63) is 53.6 Å². The minimum absolute atomic E-state index is 0.200. The zero-order valence-electron chi connectivity index (χ0n) is 15.5. The molecule has 3 atom stereocenters. The van der Waals surface area contributed by atoms with Gasteiger partial charge in [0.05, 0.1) is 0 Å². The van der Waals surface area contributed by atoms with Crippen molar-refractivity contribution in [3.63, 3.8) is 0 Å². The number of carbonyl (C=O) groups is 2. The number of aromatic hydroxyl groups is 2. The summed E-state index contributed by atoms with van der Waals surface area (Å²) in [5, 5.41) is 19.2. The molecule has 2 aromatic carbocycles. The molecule has 0 radical (unpaired) electrons. The largest absolute Gasteiger partial charge is 0.504 e. The van der Waals surface area contributed by atoms with Gasteiger partial charge >= 0.3 is 0 Å². The highest BCUT2D eigenvalue weighted by Gasteiger charge is 2.55. The Balaban J connectivity index is 1.66. The molecule has 2 bridgehead atoms. The molecule has 2 aromatic rings. The molecule has 0 unspecified atom stereocenters. The van der Waals surface area contributed by atoms with Gasteiger partial charge in [-0.2, -0.15) is 0 Å². The maximum absolute atomic E-state index is 13.2. The summed E-state index contributed by atoms with van der Waals surface area (Å²) in [5.41, 5.74) is 6.31. The van der Waals surface area contributed by atoms with Crippen molar-refractivity contribution >= 4 is 11.8 Å². The number of amides is 2. The highest BCUT2D eigenvalue weighted by molar-refractivity contribution is 6.01. The fourth-order valence-electron chi connectivity index (χ4n) is 4.34. The van der Waals surface area contributed by atoms with Crippen molar-refractivity contribution in [2.45, 2.75) is 31.4 Å². The van der Waals surface area contributed by atoms with Gasteiger partial charge in [0.1, 0.15) is 11.7 Å². The number of ether oxygens (including phenoxy) is 1. The molecule has 0 aromatic heterocycles. The lowest BCUT2D eigenvalue weighted by Crippen LogP contribution is -2.64. The Labute approximate surface area is 162 Å². The maximum Gasteiger partial charge on any atom is 0.238 e. The van der Waals surface area contributed by atoms with E-state index < -0.39 is 17.6 Å². The van der Waals surface area contributed by atoms with Crippen LogP contribution in [0.4, 0.5) is 0 Å². The van der Waals surface area contributed by atoms with E-state index in [1.54, 1.807) is 11.0 Å². The van der Waals surface area contributed by atoms with Crippen LogP contribution in [0, 0.1) is 5.92 Å². The van der Waals surface area contributed by atoms with Gasteiger partial charge in [-0.1, -0.05) is 24.3 Å². The molecule has 2 heterocycles. The molecule has 2 aliphatic heterocycles. The molecule has 7 nitrogen and oxygen atoms in total. The first-order valence-electron chi connectivity index (χ1n) is 9.20. The van der Waals surface area contributed by atoms with E-state index in [0.29, 0.717) is 18.6 Å². The van der Waals surface area contributed by atoms with Crippen molar-refractivity contribution in [2.75, 3.05) is 6.54 Å². The average molecular weight is 382 g/mol. The van der Waals surface area contributed by atoms with Crippen LogP contribution in [0.5, 0.6) is 17.2 Å². The van der Waals surface area contributed by atoms with Gasteiger partial charge < -0.3 is 25.6 Å². The van der Waals surface area contributed by atoms with Gasteiger partial charge in [0.25, 0.3) is 0 Å². The van der Waals surface area contributed by atoms with Gasteiger partial charge in [-0.05, 0) is 42.7 Å². The number of nitrogens with zero attached hydrogens (tertiary/aromatic N) is 1. The third kappa shape index (κ3) is 2.83. The molecule has 0 aliphatic carbocycles. The van der Waals surface area contributed by atoms with Crippen molar-refractivity contribution in [1.82, 2.24) is 4.90 Å². The average Bonchev–Trinajstić information content (AvgIpc) is 2.63. The second kappa shape index (κ2) is 6.44. The van der Waals surface area contributed by atoms with E-state index in [0.717, 1.165) is 11.1 Å². The number of piperidine rings is 1. The van der Waals surface area contributed by atoms with Crippen LogP contribution in [-0.2, 0) is 16.0 Å². The van der Waals surface area contributed by atoms with Gasteiger partial charge in [0.2, 0.25) is 11.8 Å². The van der Waals surface area contributed by atoms with E-state index >= 15 is 0 Å². The van der Waals surface area contributed by atoms with Gasteiger partial charge in [-0.15, -0.1) is 0 Å². The summed E-state index contributed by atoms with van der Waals surface area (Å²) < 4.78 is 6.20. The standard InChI is InChI=1S/C21H22N2O5/c1-21-11-14(13-4-2-3-5-17(13)28-21)18(19(22)26)20(27)23(21)9-8-12-6-7-15(24)16(25)10-12/h2-7,10,14,18,24-25H,8-9,11H2,1H3,(H2,22,26)/t14-,18+,21-/m0/s1. The molecule has 0 spiro atoms. The van der Waals surface area contributed by atoms with Gasteiger partial charge in [0.15, 0.2) is 17.2 Å².